The lowest BCUT2D eigenvalue weighted by atomic mass is 9.81. The Morgan fingerprint density at radius 2 is 1.71 bits per heavy atom. The summed E-state index contributed by atoms with van der Waals surface area (Å²) in [6, 6.07) is 10.8. The quantitative estimate of drug-likeness (QED) is 0.729. The monoisotopic (exact) mass is 234 g/mol. The molecule has 0 saturated heterocycles. The van der Waals surface area contributed by atoms with Crippen LogP contribution in [-0.2, 0) is 5.41 Å². The molecule has 0 radical (unpaired) electrons. The molecule has 1 N–H and O–H groups in total. The van der Waals surface area contributed by atoms with Crippen LogP contribution in [0.2, 0.25) is 0 Å². The maximum absolute atomic E-state index is 3.50. The lowest BCUT2D eigenvalue weighted by Crippen LogP contribution is -2.30. The van der Waals surface area contributed by atoms with Gasteiger partial charge in [-0.25, -0.2) is 0 Å². The molecule has 0 fully saturated rings. The van der Waals surface area contributed by atoms with Crippen molar-refractivity contribution in [2.24, 2.45) is 0 Å². The van der Waals surface area contributed by atoms with E-state index in [9.17, 15) is 0 Å². The Bertz CT molecular complexity index is 304. The van der Waals surface area contributed by atoms with E-state index in [1.54, 1.807) is 0 Å². The second kappa shape index (κ2) is 6.77. The first kappa shape index (κ1) is 14.2. The fourth-order valence-electron chi connectivity index (χ4n) is 1.86. The molecule has 0 aliphatic heterocycles. The van der Waals surface area contributed by atoms with Gasteiger partial charge in [-0.3, -0.25) is 0 Å². The maximum Gasteiger partial charge on any atom is 0.0101 e. The first-order valence-corrected chi connectivity index (χ1v) is 6.43. The predicted octanol–water partition coefficient (Wildman–Crippen LogP) is 2.51. The largest absolute Gasteiger partial charge is 0.315 e. The van der Waals surface area contributed by atoms with Crippen LogP contribution >= 0.6 is 0 Å². The van der Waals surface area contributed by atoms with Gasteiger partial charge >= 0.3 is 0 Å². The van der Waals surface area contributed by atoms with Crippen LogP contribution in [0.25, 0.3) is 0 Å². The molecule has 2 nitrogen and oxygen atoms in total. The molecule has 96 valence electrons. The predicted molar refractivity (Wildman–Crippen MR) is 75.5 cm³/mol. The van der Waals surface area contributed by atoms with Gasteiger partial charge in [0.25, 0.3) is 0 Å². The third-order valence-corrected chi connectivity index (χ3v) is 3.22. The molecule has 0 amide bonds. The fraction of sp³-hybridized carbons (Fsp3) is 0.600. The number of likely N-dealkylation sites (N-methyl/N-ethyl adjacent to an activating group) is 1. The van der Waals surface area contributed by atoms with E-state index in [4.69, 9.17) is 0 Å². The highest BCUT2D eigenvalue weighted by Crippen LogP contribution is 2.25. The summed E-state index contributed by atoms with van der Waals surface area (Å²) in [5, 5.41) is 3.50. The van der Waals surface area contributed by atoms with E-state index < -0.39 is 0 Å². The van der Waals surface area contributed by atoms with E-state index in [0.29, 0.717) is 0 Å². The molecule has 0 aromatic heterocycles. The lowest BCUT2D eigenvalue weighted by molar-refractivity contribution is 0.388. The summed E-state index contributed by atoms with van der Waals surface area (Å²) in [6.07, 6.45) is 1.17. The third-order valence-electron chi connectivity index (χ3n) is 3.22. The van der Waals surface area contributed by atoms with E-state index in [1.807, 2.05) is 0 Å². The van der Waals surface area contributed by atoms with Gasteiger partial charge in [0.1, 0.15) is 0 Å². The minimum Gasteiger partial charge on any atom is -0.315 e. The van der Waals surface area contributed by atoms with Gasteiger partial charge in [0.15, 0.2) is 0 Å². The van der Waals surface area contributed by atoms with Crippen LogP contribution in [0.3, 0.4) is 0 Å². The minimum absolute atomic E-state index is 0.256. The van der Waals surface area contributed by atoms with E-state index in [-0.39, 0.29) is 5.41 Å². The summed E-state index contributed by atoms with van der Waals surface area (Å²) < 4.78 is 0. The third kappa shape index (κ3) is 5.33. The van der Waals surface area contributed by atoms with Crippen molar-refractivity contribution in [3.63, 3.8) is 0 Å². The Kier molecular flexibility index (Phi) is 5.66. The van der Waals surface area contributed by atoms with Crippen LogP contribution in [0.1, 0.15) is 25.8 Å². The highest BCUT2D eigenvalue weighted by molar-refractivity contribution is 5.23. The van der Waals surface area contributed by atoms with Gasteiger partial charge in [-0.15, -0.1) is 0 Å². The van der Waals surface area contributed by atoms with Gasteiger partial charge in [-0.1, -0.05) is 44.2 Å². The number of hydrogen-bond acceptors (Lipinski definition) is 2. The summed E-state index contributed by atoms with van der Waals surface area (Å²) >= 11 is 0. The molecule has 0 aliphatic rings. The molecule has 1 aromatic carbocycles. The van der Waals surface area contributed by atoms with E-state index in [1.165, 1.54) is 12.0 Å². The summed E-state index contributed by atoms with van der Waals surface area (Å²) in [4.78, 5) is 2.20. The maximum atomic E-state index is 3.50. The van der Waals surface area contributed by atoms with Gasteiger partial charge in [-0.2, -0.15) is 0 Å². The van der Waals surface area contributed by atoms with Crippen molar-refractivity contribution in [1.29, 1.82) is 0 Å². The van der Waals surface area contributed by atoms with Crippen LogP contribution in [0.15, 0.2) is 30.3 Å². The normalized spacial score (nSPS) is 12.1. The number of benzene rings is 1. The average Bonchev–Trinajstić information content (AvgIpc) is 2.29. The average molecular weight is 234 g/mol. The van der Waals surface area contributed by atoms with Gasteiger partial charge in [0.05, 0.1) is 0 Å². The van der Waals surface area contributed by atoms with Crippen LogP contribution < -0.4 is 5.32 Å². The summed E-state index contributed by atoms with van der Waals surface area (Å²) in [6.45, 7) is 7.88. The zero-order valence-electron chi connectivity index (χ0n) is 11.7. The van der Waals surface area contributed by atoms with Crippen molar-refractivity contribution in [3.8, 4) is 0 Å². The molecule has 0 heterocycles. The number of nitrogens with zero attached hydrogens (tertiary/aromatic N) is 1. The number of nitrogens with one attached hydrogen (secondary N) is 1. The lowest BCUT2D eigenvalue weighted by Gasteiger charge is -2.25. The molecular weight excluding hydrogens is 208 g/mol. The van der Waals surface area contributed by atoms with Gasteiger partial charge in [0.2, 0.25) is 0 Å². The smallest absolute Gasteiger partial charge is 0.0101 e. The SMILES string of the molecule is CN(C)CCNCCC(C)(C)c1ccccc1. The molecule has 0 aliphatic carbocycles. The fourth-order valence-corrected chi connectivity index (χ4v) is 1.86. The molecule has 0 atom stereocenters. The Morgan fingerprint density at radius 1 is 1.06 bits per heavy atom. The Hall–Kier alpha value is -0.860. The number of rotatable bonds is 7. The van der Waals surface area contributed by atoms with Crippen molar-refractivity contribution in [3.05, 3.63) is 35.9 Å². The highest BCUT2D eigenvalue weighted by atomic mass is 15.1. The van der Waals surface area contributed by atoms with Gasteiger partial charge in [0, 0.05) is 13.1 Å². The van der Waals surface area contributed by atoms with Crippen LogP contribution in [0.4, 0.5) is 0 Å². The molecule has 0 unspecified atom stereocenters. The Morgan fingerprint density at radius 3 is 2.29 bits per heavy atom. The molecule has 0 spiro atoms. The standard InChI is InChI=1S/C15H26N2/c1-15(2,14-8-6-5-7-9-14)10-11-16-12-13-17(3)4/h5-9,16H,10-13H2,1-4H3. The van der Waals surface area contributed by atoms with Gasteiger partial charge in [-0.05, 0) is 38.0 Å². The number of hydrogen-bond donors (Lipinski definition) is 1. The molecule has 17 heavy (non-hydrogen) atoms. The second-order valence-corrected chi connectivity index (χ2v) is 5.55. The minimum atomic E-state index is 0.256. The molecule has 1 rings (SSSR count). The zero-order valence-corrected chi connectivity index (χ0v) is 11.7. The van der Waals surface area contributed by atoms with Crippen LogP contribution in [0, 0.1) is 0 Å². The van der Waals surface area contributed by atoms with Crippen molar-refractivity contribution in [2.75, 3.05) is 33.7 Å². The van der Waals surface area contributed by atoms with E-state index >= 15 is 0 Å². The van der Waals surface area contributed by atoms with Crippen LogP contribution in [0.5, 0.6) is 0 Å². The van der Waals surface area contributed by atoms with Gasteiger partial charge < -0.3 is 10.2 Å². The summed E-state index contributed by atoms with van der Waals surface area (Å²) in [5.74, 6) is 0. The Labute approximate surface area is 106 Å². The van der Waals surface area contributed by atoms with E-state index in [0.717, 1.165) is 19.6 Å². The molecule has 0 bridgehead atoms. The summed E-state index contributed by atoms with van der Waals surface area (Å²) in [5.41, 5.74) is 1.68. The van der Waals surface area contributed by atoms with Crippen molar-refractivity contribution in [1.82, 2.24) is 10.2 Å². The van der Waals surface area contributed by atoms with Crippen molar-refractivity contribution < 1.29 is 0 Å². The molecule has 2 heteroatoms. The first-order valence-electron chi connectivity index (χ1n) is 6.43. The zero-order chi connectivity index (χ0) is 12.7. The molecular formula is C15H26N2. The van der Waals surface area contributed by atoms with E-state index in [2.05, 4.69) is 68.5 Å². The molecule has 0 saturated carbocycles. The van der Waals surface area contributed by atoms with Crippen molar-refractivity contribution in [2.45, 2.75) is 25.7 Å². The summed E-state index contributed by atoms with van der Waals surface area (Å²) in [7, 11) is 4.21. The molecule has 1 aromatic rings. The Balaban J connectivity index is 2.30. The highest BCUT2D eigenvalue weighted by Gasteiger charge is 2.19. The topological polar surface area (TPSA) is 15.3 Å². The van der Waals surface area contributed by atoms with Crippen LogP contribution in [-0.4, -0.2) is 38.6 Å². The second-order valence-electron chi connectivity index (χ2n) is 5.55. The first-order chi connectivity index (χ1) is 8.02. The van der Waals surface area contributed by atoms with Crippen molar-refractivity contribution >= 4 is 0 Å².